The molecule has 0 fully saturated rings. The van der Waals surface area contributed by atoms with E-state index < -0.39 is 0 Å². The van der Waals surface area contributed by atoms with Crippen molar-refractivity contribution in [1.29, 1.82) is 0 Å². The average molecular weight is 147 g/mol. The third-order valence-corrected chi connectivity index (χ3v) is 1.50. The molecule has 0 aromatic rings. The highest BCUT2D eigenvalue weighted by Crippen LogP contribution is 2.21. The lowest BCUT2D eigenvalue weighted by atomic mass is 10.2. The number of hydrogen-bond acceptors (Lipinski definition) is 1. The Morgan fingerprint density at radius 2 is 2.62 bits per heavy atom. The SMILES string of the molecule is [C-]#CC(C)COPP. The van der Waals surface area contributed by atoms with E-state index in [4.69, 9.17) is 10.9 Å². The van der Waals surface area contributed by atoms with E-state index in [2.05, 4.69) is 14.8 Å². The van der Waals surface area contributed by atoms with Crippen LogP contribution in [0.3, 0.4) is 0 Å². The van der Waals surface area contributed by atoms with Gasteiger partial charge in [-0.05, 0) is 0 Å². The molecule has 0 bridgehead atoms. The van der Waals surface area contributed by atoms with E-state index in [1.807, 2.05) is 6.92 Å². The van der Waals surface area contributed by atoms with E-state index in [-0.39, 0.29) is 5.92 Å². The zero-order chi connectivity index (χ0) is 6.41. The molecule has 0 aliphatic rings. The predicted molar refractivity (Wildman–Crippen MR) is 40.3 cm³/mol. The monoisotopic (exact) mass is 147 g/mol. The van der Waals surface area contributed by atoms with E-state index >= 15 is 0 Å². The van der Waals surface area contributed by atoms with Crippen LogP contribution in [0.5, 0.6) is 0 Å². The van der Waals surface area contributed by atoms with Crippen LogP contribution in [0.15, 0.2) is 0 Å². The fourth-order valence-electron chi connectivity index (χ4n) is 0.215. The molecule has 0 aromatic heterocycles. The molecule has 3 unspecified atom stereocenters. The Kier molecular flexibility index (Phi) is 5.78. The first kappa shape index (κ1) is 8.38. The van der Waals surface area contributed by atoms with Crippen LogP contribution < -0.4 is 0 Å². The summed E-state index contributed by atoms with van der Waals surface area (Å²) in [6.07, 6.45) is 6.65. The van der Waals surface area contributed by atoms with Crippen molar-refractivity contribution in [3.8, 4) is 5.92 Å². The Morgan fingerprint density at radius 1 is 2.00 bits per heavy atom. The van der Waals surface area contributed by atoms with Crippen molar-refractivity contribution < 1.29 is 4.52 Å². The molecule has 0 amide bonds. The fourth-order valence-corrected chi connectivity index (χ4v) is 0.850. The minimum Gasteiger partial charge on any atom is -0.693 e. The summed E-state index contributed by atoms with van der Waals surface area (Å²) in [6.45, 7) is 2.52. The number of hydrogen-bond donors (Lipinski definition) is 0. The quantitative estimate of drug-likeness (QED) is 0.334. The summed E-state index contributed by atoms with van der Waals surface area (Å²) >= 11 is 0. The molecule has 0 aliphatic carbocycles. The van der Waals surface area contributed by atoms with Gasteiger partial charge in [0, 0.05) is 14.4 Å². The average Bonchev–Trinajstić information content (AvgIpc) is 1.83. The zero-order valence-electron chi connectivity index (χ0n) is 4.77. The molecule has 0 heterocycles. The zero-order valence-corrected chi connectivity index (χ0v) is 6.92. The van der Waals surface area contributed by atoms with Crippen molar-refractivity contribution in [1.82, 2.24) is 0 Å². The van der Waals surface area contributed by atoms with Gasteiger partial charge in [-0.2, -0.15) is 0 Å². The Labute approximate surface area is 54.5 Å². The first-order valence-corrected chi connectivity index (χ1v) is 5.02. The molecule has 0 saturated carbocycles. The lowest BCUT2D eigenvalue weighted by Crippen LogP contribution is -1.96. The van der Waals surface area contributed by atoms with Crippen molar-refractivity contribution in [2.45, 2.75) is 6.92 Å². The van der Waals surface area contributed by atoms with Crippen LogP contribution in [-0.2, 0) is 4.52 Å². The second kappa shape index (κ2) is 5.52. The van der Waals surface area contributed by atoms with Gasteiger partial charge in [-0.25, -0.2) is 0 Å². The minimum absolute atomic E-state index is 0.142. The van der Waals surface area contributed by atoms with Gasteiger partial charge in [0.25, 0.3) is 0 Å². The van der Waals surface area contributed by atoms with Crippen LogP contribution in [0.1, 0.15) is 6.92 Å². The summed E-state index contributed by atoms with van der Waals surface area (Å²) < 4.78 is 4.99. The summed E-state index contributed by atoms with van der Waals surface area (Å²) in [7, 11) is 2.93. The molecule has 0 radical (unpaired) electrons. The first-order chi connectivity index (χ1) is 3.81. The molecule has 0 spiro atoms. The lowest BCUT2D eigenvalue weighted by Gasteiger charge is -2.05. The van der Waals surface area contributed by atoms with Crippen LogP contribution in [0, 0.1) is 18.3 Å². The van der Waals surface area contributed by atoms with Crippen LogP contribution in [0.25, 0.3) is 0 Å². The van der Waals surface area contributed by atoms with Gasteiger partial charge in [0.15, 0.2) is 0 Å². The van der Waals surface area contributed by atoms with Gasteiger partial charge in [-0.1, -0.05) is 15.9 Å². The van der Waals surface area contributed by atoms with Gasteiger partial charge in [0.2, 0.25) is 0 Å². The maximum absolute atomic E-state index is 6.65. The summed E-state index contributed by atoms with van der Waals surface area (Å²) in [6, 6.07) is 0. The summed E-state index contributed by atoms with van der Waals surface area (Å²) in [5.74, 6) is 2.46. The van der Waals surface area contributed by atoms with Gasteiger partial charge in [-0.15, -0.1) is 0 Å². The molecular weight excluding hydrogens is 138 g/mol. The first-order valence-electron chi connectivity index (χ1n) is 2.31. The van der Waals surface area contributed by atoms with Gasteiger partial charge >= 0.3 is 0 Å². The van der Waals surface area contributed by atoms with Crippen molar-refractivity contribution in [3.63, 3.8) is 0 Å². The van der Waals surface area contributed by atoms with Crippen molar-refractivity contribution in [2.75, 3.05) is 6.61 Å². The van der Waals surface area contributed by atoms with Crippen molar-refractivity contribution in [3.05, 3.63) is 6.42 Å². The standard InChI is InChI=1S/C5H9OP2/c1-3-5(2)4-6-8-7/h5,8H,4,7H2,2H3/q-1. The maximum Gasteiger partial charge on any atom is 0.0613 e. The topological polar surface area (TPSA) is 9.23 Å². The van der Waals surface area contributed by atoms with Gasteiger partial charge < -0.3 is 16.9 Å². The lowest BCUT2D eigenvalue weighted by molar-refractivity contribution is 0.334. The van der Waals surface area contributed by atoms with Crippen LogP contribution in [-0.4, -0.2) is 6.61 Å². The molecule has 3 heteroatoms. The second-order valence-electron chi connectivity index (χ2n) is 1.47. The third-order valence-electron chi connectivity index (χ3n) is 0.663. The van der Waals surface area contributed by atoms with Crippen LogP contribution in [0.4, 0.5) is 0 Å². The Balaban J connectivity index is 3.02. The van der Waals surface area contributed by atoms with E-state index in [0.717, 1.165) is 0 Å². The second-order valence-corrected chi connectivity index (χ2v) is 2.71. The number of rotatable bonds is 3. The molecule has 46 valence electrons. The molecular formula is C5H9OP2-. The Bertz CT molecular complexity index is 86.9. The molecule has 0 saturated heterocycles. The summed E-state index contributed by atoms with van der Waals surface area (Å²) in [5.41, 5.74) is 0. The highest BCUT2D eigenvalue weighted by molar-refractivity contribution is 8.00. The summed E-state index contributed by atoms with van der Waals surface area (Å²) in [4.78, 5) is 0. The summed E-state index contributed by atoms with van der Waals surface area (Å²) in [5, 5.41) is 0. The molecule has 3 atom stereocenters. The molecule has 0 rings (SSSR count). The van der Waals surface area contributed by atoms with Crippen molar-refractivity contribution in [2.24, 2.45) is 5.92 Å². The largest absolute Gasteiger partial charge is 0.693 e. The normalized spacial score (nSPS) is 14.1. The molecule has 0 N–H and O–H groups in total. The minimum atomic E-state index is 0.142. The molecule has 1 nitrogen and oxygen atoms in total. The van der Waals surface area contributed by atoms with E-state index in [0.29, 0.717) is 15.1 Å². The van der Waals surface area contributed by atoms with Gasteiger partial charge in [0.05, 0.1) is 6.61 Å². The van der Waals surface area contributed by atoms with E-state index in [1.165, 1.54) is 0 Å². The van der Waals surface area contributed by atoms with Crippen LogP contribution in [0.2, 0.25) is 0 Å². The molecule has 8 heavy (non-hydrogen) atoms. The van der Waals surface area contributed by atoms with E-state index in [1.54, 1.807) is 0 Å². The molecule has 0 aromatic carbocycles. The maximum atomic E-state index is 6.65. The highest BCUT2D eigenvalue weighted by atomic mass is 32.0. The van der Waals surface area contributed by atoms with E-state index in [9.17, 15) is 0 Å². The third kappa shape index (κ3) is 4.54. The fraction of sp³-hybridized carbons (Fsp3) is 0.600. The Morgan fingerprint density at radius 3 is 3.00 bits per heavy atom. The highest BCUT2D eigenvalue weighted by Gasteiger charge is 1.88. The van der Waals surface area contributed by atoms with Crippen molar-refractivity contribution >= 4 is 17.4 Å². The smallest absolute Gasteiger partial charge is 0.0613 e. The van der Waals surface area contributed by atoms with Gasteiger partial charge in [0.1, 0.15) is 0 Å². The molecule has 0 aliphatic heterocycles. The Hall–Kier alpha value is 0.380. The predicted octanol–water partition coefficient (Wildman–Crippen LogP) is 1.61. The van der Waals surface area contributed by atoms with Crippen LogP contribution >= 0.6 is 17.4 Å². The van der Waals surface area contributed by atoms with Gasteiger partial charge in [-0.3, -0.25) is 0 Å².